The molecule has 0 aliphatic carbocycles. The van der Waals surface area contributed by atoms with E-state index >= 15 is 0 Å². The summed E-state index contributed by atoms with van der Waals surface area (Å²) in [6, 6.07) is 0.183. The van der Waals surface area contributed by atoms with Gasteiger partial charge in [-0.15, -0.1) is 0 Å². The van der Waals surface area contributed by atoms with Gasteiger partial charge in [0, 0.05) is 24.3 Å². The first kappa shape index (κ1) is 17.1. The van der Waals surface area contributed by atoms with Crippen molar-refractivity contribution in [1.29, 1.82) is 0 Å². The molecule has 0 rings (SSSR count). The van der Waals surface area contributed by atoms with Gasteiger partial charge in [0.15, 0.2) is 0 Å². The molecule has 0 bridgehead atoms. The Bertz CT molecular complexity index is 279. The van der Waals surface area contributed by atoms with Crippen molar-refractivity contribution in [2.24, 2.45) is 17.3 Å². The summed E-state index contributed by atoms with van der Waals surface area (Å²) in [6.07, 6.45) is 0.629. The van der Waals surface area contributed by atoms with Crippen LogP contribution < -0.4 is 5.32 Å². The Morgan fingerprint density at radius 1 is 0.944 bits per heavy atom. The third-order valence-electron chi connectivity index (χ3n) is 3.18. The van der Waals surface area contributed by atoms with Gasteiger partial charge in [0.1, 0.15) is 5.78 Å². The fraction of sp³-hybridized carbons (Fsp3) is 0.867. The quantitative estimate of drug-likeness (QED) is 0.792. The highest BCUT2D eigenvalue weighted by atomic mass is 16.2. The van der Waals surface area contributed by atoms with Gasteiger partial charge in [0.25, 0.3) is 0 Å². The molecule has 0 heterocycles. The molecule has 0 atom stereocenters. The van der Waals surface area contributed by atoms with E-state index in [-0.39, 0.29) is 23.1 Å². The lowest BCUT2D eigenvalue weighted by Gasteiger charge is -2.26. The van der Waals surface area contributed by atoms with Crippen molar-refractivity contribution in [2.75, 3.05) is 0 Å². The van der Waals surface area contributed by atoms with Gasteiger partial charge < -0.3 is 5.32 Å². The zero-order valence-electron chi connectivity index (χ0n) is 13.0. The molecule has 3 heteroatoms. The maximum Gasteiger partial charge on any atom is 0.220 e. The predicted molar refractivity (Wildman–Crippen MR) is 75.3 cm³/mol. The first-order valence-corrected chi connectivity index (χ1v) is 6.88. The molecule has 0 fully saturated rings. The van der Waals surface area contributed by atoms with Gasteiger partial charge in [0.05, 0.1) is 0 Å². The highest BCUT2D eigenvalue weighted by Crippen LogP contribution is 2.18. The third kappa shape index (κ3) is 6.18. The molecule has 0 saturated heterocycles. The van der Waals surface area contributed by atoms with Gasteiger partial charge in [-0.25, -0.2) is 0 Å². The van der Waals surface area contributed by atoms with Crippen LogP contribution in [0, 0.1) is 17.3 Å². The van der Waals surface area contributed by atoms with Crippen molar-refractivity contribution in [1.82, 2.24) is 5.32 Å². The summed E-state index contributed by atoms with van der Waals surface area (Å²) in [4.78, 5) is 23.6. The number of Topliss-reactive ketones (excluding diaryl/α,β-unsaturated/α-hetero) is 1. The first-order valence-electron chi connectivity index (χ1n) is 6.88. The Kier molecular flexibility index (Phi) is 6.58. The molecule has 3 nitrogen and oxygen atoms in total. The van der Waals surface area contributed by atoms with Crippen LogP contribution in [0.3, 0.4) is 0 Å². The number of amides is 1. The number of carbonyl (C=O) groups excluding carboxylic acids is 2. The van der Waals surface area contributed by atoms with Crippen LogP contribution in [0.4, 0.5) is 0 Å². The standard InChI is InChI=1S/C15H29NO2/c1-10(2)14(11(3)4)16-13(18)9-8-12(17)15(5,6)7/h10-11,14H,8-9H2,1-7H3,(H,16,18). The molecule has 0 aromatic carbocycles. The van der Waals surface area contributed by atoms with E-state index in [0.29, 0.717) is 24.7 Å². The summed E-state index contributed by atoms with van der Waals surface area (Å²) in [5.74, 6) is 0.947. The van der Waals surface area contributed by atoms with Crippen molar-refractivity contribution < 1.29 is 9.59 Å². The van der Waals surface area contributed by atoms with Crippen molar-refractivity contribution in [3.8, 4) is 0 Å². The molecule has 0 radical (unpaired) electrons. The van der Waals surface area contributed by atoms with Gasteiger partial charge in [-0.3, -0.25) is 9.59 Å². The lowest BCUT2D eigenvalue weighted by atomic mass is 9.88. The zero-order valence-corrected chi connectivity index (χ0v) is 13.0. The number of hydrogen-bond acceptors (Lipinski definition) is 2. The molecule has 0 saturated carbocycles. The molecule has 18 heavy (non-hydrogen) atoms. The lowest BCUT2D eigenvalue weighted by molar-refractivity contribution is -0.130. The smallest absolute Gasteiger partial charge is 0.220 e. The number of carbonyl (C=O) groups is 2. The first-order chi connectivity index (χ1) is 8.05. The van der Waals surface area contributed by atoms with Crippen LogP contribution in [-0.4, -0.2) is 17.7 Å². The average molecular weight is 255 g/mol. The normalized spacial score (nSPS) is 12.3. The number of nitrogens with one attached hydrogen (secondary N) is 1. The van der Waals surface area contributed by atoms with Crippen molar-refractivity contribution in [3.63, 3.8) is 0 Å². The molecule has 1 amide bonds. The lowest BCUT2D eigenvalue weighted by Crippen LogP contribution is -2.42. The highest BCUT2D eigenvalue weighted by Gasteiger charge is 2.23. The Hall–Kier alpha value is -0.860. The van der Waals surface area contributed by atoms with Crippen molar-refractivity contribution in [2.45, 2.75) is 67.3 Å². The SMILES string of the molecule is CC(C)C(NC(=O)CCC(=O)C(C)(C)C)C(C)C. The fourth-order valence-electron chi connectivity index (χ4n) is 1.96. The van der Waals surface area contributed by atoms with Gasteiger partial charge in [-0.05, 0) is 11.8 Å². The van der Waals surface area contributed by atoms with Crippen LogP contribution in [0.25, 0.3) is 0 Å². The van der Waals surface area contributed by atoms with Gasteiger partial charge in [-0.2, -0.15) is 0 Å². The molecule has 0 spiro atoms. The summed E-state index contributed by atoms with van der Waals surface area (Å²) >= 11 is 0. The molecule has 0 aliphatic rings. The summed E-state index contributed by atoms with van der Waals surface area (Å²) in [6.45, 7) is 14.1. The number of rotatable bonds is 6. The largest absolute Gasteiger partial charge is 0.353 e. The maximum atomic E-state index is 11.8. The van der Waals surface area contributed by atoms with E-state index in [4.69, 9.17) is 0 Å². The average Bonchev–Trinajstić information content (AvgIpc) is 2.19. The molecule has 0 unspecified atom stereocenters. The summed E-state index contributed by atoms with van der Waals surface area (Å²) in [5, 5.41) is 3.03. The summed E-state index contributed by atoms with van der Waals surface area (Å²) < 4.78 is 0. The molecular formula is C15H29NO2. The van der Waals surface area contributed by atoms with Crippen LogP contribution in [-0.2, 0) is 9.59 Å². The second kappa shape index (κ2) is 6.91. The molecular weight excluding hydrogens is 226 g/mol. The minimum absolute atomic E-state index is 0.0139. The maximum absolute atomic E-state index is 11.8. The Labute approximate surface area is 112 Å². The van der Waals surface area contributed by atoms with Gasteiger partial charge >= 0.3 is 0 Å². The second-order valence-electron chi connectivity index (χ2n) is 6.75. The molecule has 106 valence electrons. The Balaban J connectivity index is 4.23. The van der Waals surface area contributed by atoms with E-state index in [1.165, 1.54) is 0 Å². The van der Waals surface area contributed by atoms with Crippen molar-refractivity contribution >= 4 is 11.7 Å². The molecule has 1 N–H and O–H groups in total. The fourth-order valence-corrected chi connectivity index (χ4v) is 1.96. The van der Waals surface area contributed by atoms with E-state index in [0.717, 1.165) is 0 Å². The van der Waals surface area contributed by atoms with E-state index < -0.39 is 0 Å². The number of ketones is 1. The van der Waals surface area contributed by atoms with E-state index in [2.05, 4.69) is 33.0 Å². The monoisotopic (exact) mass is 255 g/mol. The summed E-state index contributed by atoms with van der Waals surface area (Å²) in [5.41, 5.74) is -0.351. The van der Waals surface area contributed by atoms with Gasteiger partial charge in [0.2, 0.25) is 5.91 Å². The van der Waals surface area contributed by atoms with Crippen LogP contribution >= 0.6 is 0 Å². The van der Waals surface area contributed by atoms with Crippen LogP contribution in [0.15, 0.2) is 0 Å². The second-order valence-corrected chi connectivity index (χ2v) is 6.75. The minimum Gasteiger partial charge on any atom is -0.353 e. The molecule has 0 aromatic rings. The molecule has 0 aromatic heterocycles. The third-order valence-corrected chi connectivity index (χ3v) is 3.18. The van der Waals surface area contributed by atoms with Crippen molar-refractivity contribution in [3.05, 3.63) is 0 Å². The van der Waals surface area contributed by atoms with Gasteiger partial charge in [-0.1, -0.05) is 48.5 Å². The summed E-state index contributed by atoms with van der Waals surface area (Å²) in [7, 11) is 0. The van der Waals surface area contributed by atoms with E-state index in [9.17, 15) is 9.59 Å². The number of hydrogen-bond donors (Lipinski definition) is 1. The molecule has 0 aliphatic heterocycles. The van der Waals surface area contributed by atoms with Crippen LogP contribution in [0.2, 0.25) is 0 Å². The highest BCUT2D eigenvalue weighted by molar-refractivity contribution is 5.88. The Morgan fingerprint density at radius 2 is 1.39 bits per heavy atom. The topological polar surface area (TPSA) is 46.2 Å². The zero-order chi connectivity index (χ0) is 14.5. The van der Waals surface area contributed by atoms with E-state index in [1.807, 2.05) is 20.8 Å². The Morgan fingerprint density at radius 3 is 1.72 bits per heavy atom. The van der Waals surface area contributed by atoms with E-state index in [1.54, 1.807) is 0 Å². The minimum atomic E-state index is -0.351. The predicted octanol–water partition coefficient (Wildman–Crippen LogP) is 3.18. The van der Waals surface area contributed by atoms with Crippen LogP contribution in [0.5, 0.6) is 0 Å². The van der Waals surface area contributed by atoms with Crippen LogP contribution in [0.1, 0.15) is 61.3 Å².